The number of hydrogen-bond donors (Lipinski definition) is 0. The van der Waals surface area contributed by atoms with E-state index in [9.17, 15) is 18.0 Å². The fourth-order valence-corrected chi connectivity index (χ4v) is 6.87. The molecule has 4 aliphatic rings. The number of hydrogen-bond acceptors (Lipinski definition) is 3. The van der Waals surface area contributed by atoms with Crippen molar-refractivity contribution in [2.45, 2.75) is 65.1 Å². The molecule has 4 aliphatic carbocycles. The van der Waals surface area contributed by atoms with Gasteiger partial charge in [0.25, 0.3) is 5.91 Å². The summed E-state index contributed by atoms with van der Waals surface area (Å²) in [5.41, 5.74) is 0.628. The lowest BCUT2D eigenvalue weighted by Gasteiger charge is -2.55. The van der Waals surface area contributed by atoms with Crippen LogP contribution in [0.25, 0.3) is 0 Å². The Morgan fingerprint density at radius 3 is 2.29 bits per heavy atom. The molecule has 1 heterocycles. The highest BCUT2D eigenvalue weighted by atomic mass is 32.1. The maximum absolute atomic E-state index is 13.2. The Morgan fingerprint density at radius 1 is 1.18 bits per heavy atom. The second kappa shape index (κ2) is 7.27. The molecule has 0 unspecified atom stereocenters. The Balaban J connectivity index is 1.53. The van der Waals surface area contributed by atoms with Gasteiger partial charge >= 0.3 is 6.18 Å². The lowest BCUT2D eigenvalue weighted by Crippen LogP contribution is -2.50. The Hall–Kier alpha value is -1.15. The Kier molecular flexibility index (Phi) is 5.23. The van der Waals surface area contributed by atoms with Gasteiger partial charge in [-0.1, -0.05) is 0 Å². The minimum absolute atomic E-state index is 0.0159. The molecule has 0 N–H and O–H groups in total. The van der Waals surface area contributed by atoms with Gasteiger partial charge < -0.3 is 9.30 Å². The summed E-state index contributed by atoms with van der Waals surface area (Å²) in [6.45, 7) is 2.80. The van der Waals surface area contributed by atoms with Crippen LogP contribution in [0.2, 0.25) is 0 Å². The van der Waals surface area contributed by atoms with E-state index in [1.165, 1.54) is 30.6 Å². The SMILES string of the molecule is Cc1sc(=NC(=O)C23CC4CC(CC(C4)C2)C3)n(CCOCC(F)(F)F)c1C. The Labute approximate surface area is 166 Å². The van der Waals surface area contributed by atoms with Gasteiger partial charge in [0.05, 0.1) is 12.0 Å². The topological polar surface area (TPSA) is 43.6 Å². The van der Waals surface area contributed by atoms with Crippen LogP contribution in [0.5, 0.6) is 0 Å². The number of halogens is 3. The number of aryl methyl sites for hydroxylation is 1. The Morgan fingerprint density at radius 2 is 1.75 bits per heavy atom. The van der Waals surface area contributed by atoms with E-state index in [0.29, 0.717) is 22.6 Å². The zero-order valence-electron chi connectivity index (χ0n) is 16.3. The predicted octanol–water partition coefficient (Wildman–Crippen LogP) is 4.39. The number of aromatic nitrogens is 1. The molecule has 5 rings (SSSR count). The van der Waals surface area contributed by atoms with Crippen molar-refractivity contribution < 1.29 is 22.7 Å². The number of amides is 1. The van der Waals surface area contributed by atoms with Crippen molar-refractivity contribution in [3.63, 3.8) is 0 Å². The molecular formula is C20H27F3N2O2S. The molecule has 4 nitrogen and oxygen atoms in total. The molecule has 0 radical (unpaired) electrons. The highest BCUT2D eigenvalue weighted by molar-refractivity contribution is 7.09. The number of carbonyl (C=O) groups excluding carboxylic acids is 1. The lowest BCUT2D eigenvalue weighted by molar-refractivity contribution is -0.174. The maximum atomic E-state index is 13.2. The number of ether oxygens (including phenoxy) is 1. The zero-order valence-corrected chi connectivity index (χ0v) is 17.2. The number of thiazole rings is 1. The van der Waals surface area contributed by atoms with Crippen LogP contribution in [-0.2, 0) is 16.1 Å². The van der Waals surface area contributed by atoms with Crippen LogP contribution in [0.15, 0.2) is 4.99 Å². The van der Waals surface area contributed by atoms with Crippen LogP contribution < -0.4 is 4.80 Å². The van der Waals surface area contributed by atoms with E-state index in [4.69, 9.17) is 4.74 Å². The average Bonchev–Trinajstić information content (AvgIpc) is 2.83. The molecule has 156 valence electrons. The Bertz CT molecular complexity index is 789. The highest BCUT2D eigenvalue weighted by Gasteiger charge is 2.54. The maximum Gasteiger partial charge on any atom is 0.411 e. The number of alkyl halides is 3. The molecule has 4 fully saturated rings. The summed E-state index contributed by atoms with van der Waals surface area (Å²) >= 11 is 1.43. The largest absolute Gasteiger partial charge is 0.411 e. The summed E-state index contributed by atoms with van der Waals surface area (Å²) in [6, 6.07) is 0. The third-order valence-corrected chi connectivity index (χ3v) is 7.90. The van der Waals surface area contributed by atoms with Crippen molar-refractivity contribution in [2.75, 3.05) is 13.2 Å². The number of nitrogens with zero attached hydrogens (tertiary/aromatic N) is 2. The van der Waals surface area contributed by atoms with Crippen LogP contribution in [0.3, 0.4) is 0 Å². The van der Waals surface area contributed by atoms with E-state index >= 15 is 0 Å². The molecule has 8 heteroatoms. The number of carbonyl (C=O) groups is 1. The molecule has 28 heavy (non-hydrogen) atoms. The summed E-state index contributed by atoms with van der Waals surface area (Å²) in [5.74, 6) is 1.98. The fraction of sp³-hybridized carbons (Fsp3) is 0.800. The smallest absolute Gasteiger partial charge is 0.370 e. The summed E-state index contributed by atoms with van der Waals surface area (Å²) in [7, 11) is 0. The zero-order chi connectivity index (χ0) is 20.1. The first kappa shape index (κ1) is 20.1. The molecular weight excluding hydrogens is 389 g/mol. The molecule has 4 saturated carbocycles. The van der Waals surface area contributed by atoms with Gasteiger partial charge in [0.15, 0.2) is 4.80 Å². The van der Waals surface area contributed by atoms with E-state index in [0.717, 1.165) is 29.8 Å². The van der Waals surface area contributed by atoms with Crippen LogP contribution in [-0.4, -0.2) is 29.9 Å². The first-order valence-corrected chi connectivity index (χ1v) is 10.9. The molecule has 1 amide bonds. The highest BCUT2D eigenvalue weighted by Crippen LogP contribution is 2.60. The van der Waals surface area contributed by atoms with Crippen molar-refractivity contribution in [3.05, 3.63) is 15.4 Å². The quantitative estimate of drug-likeness (QED) is 0.669. The molecule has 4 bridgehead atoms. The van der Waals surface area contributed by atoms with E-state index in [1.54, 1.807) is 0 Å². The minimum atomic E-state index is -4.33. The summed E-state index contributed by atoms with van der Waals surface area (Å²) in [5, 5.41) is 0. The molecule has 0 saturated heterocycles. The van der Waals surface area contributed by atoms with Crippen LogP contribution in [0.1, 0.15) is 49.1 Å². The van der Waals surface area contributed by atoms with Gasteiger partial charge in [-0.15, -0.1) is 11.3 Å². The van der Waals surface area contributed by atoms with Crippen LogP contribution in [0.4, 0.5) is 13.2 Å². The molecule has 0 spiro atoms. The summed E-state index contributed by atoms with van der Waals surface area (Å²) in [4.78, 5) is 19.4. The van der Waals surface area contributed by atoms with Gasteiger partial charge in [0, 0.05) is 17.1 Å². The third-order valence-electron chi connectivity index (χ3n) is 6.80. The minimum Gasteiger partial charge on any atom is -0.370 e. The first-order valence-electron chi connectivity index (χ1n) is 10.1. The van der Waals surface area contributed by atoms with E-state index in [2.05, 4.69) is 4.99 Å². The van der Waals surface area contributed by atoms with Gasteiger partial charge in [-0.25, -0.2) is 0 Å². The van der Waals surface area contributed by atoms with Gasteiger partial charge in [0.2, 0.25) is 0 Å². The lowest BCUT2D eigenvalue weighted by atomic mass is 9.49. The van der Waals surface area contributed by atoms with Gasteiger partial charge in [-0.05, 0) is 70.1 Å². The van der Waals surface area contributed by atoms with Crippen molar-refractivity contribution in [1.29, 1.82) is 0 Å². The molecule has 0 atom stereocenters. The standard InChI is InChI=1S/C20H27F3N2O2S/c1-12-13(2)28-18(25(12)3-4-27-11-20(21,22)23)24-17(26)19-8-14-5-15(9-19)7-16(6-14)10-19/h14-16H,3-11H2,1-2H3. The third kappa shape index (κ3) is 3.95. The second-order valence-corrected chi connectivity index (χ2v) is 10.1. The van der Waals surface area contributed by atoms with Crippen molar-refractivity contribution in [3.8, 4) is 0 Å². The normalized spacial score (nSPS) is 32.3. The molecule has 1 aromatic heterocycles. The average molecular weight is 417 g/mol. The first-order chi connectivity index (χ1) is 13.2. The predicted molar refractivity (Wildman–Crippen MR) is 99.8 cm³/mol. The van der Waals surface area contributed by atoms with Crippen molar-refractivity contribution in [2.24, 2.45) is 28.2 Å². The molecule has 0 aromatic carbocycles. The summed E-state index contributed by atoms with van der Waals surface area (Å²) in [6.07, 6.45) is 2.34. The monoisotopic (exact) mass is 416 g/mol. The van der Waals surface area contributed by atoms with E-state index in [-0.39, 0.29) is 24.5 Å². The van der Waals surface area contributed by atoms with Crippen molar-refractivity contribution in [1.82, 2.24) is 4.57 Å². The van der Waals surface area contributed by atoms with Crippen LogP contribution >= 0.6 is 11.3 Å². The molecule has 0 aliphatic heterocycles. The summed E-state index contributed by atoms with van der Waals surface area (Å²) < 4.78 is 43.4. The van der Waals surface area contributed by atoms with Crippen molar-refractivity contribution >= 4 is 17.2 Å². The number of rotatable bonds is 5. The van der Waals surface area contributed by atoms with E-state index < -0.39 is 12.8 Å². The van der Waals surface area contributed by atoms with Gasteiger partial charge in [-0.3, -0.25) is 4.79 Å². The van der Waals surface area contributed by atoms with E-state index in [1.807, 2.05) is 18.4 Å². The van der Waals surface area contributed by atoms with Crippen LogP contribution in [0, 0.1) is 37.0 Å². The van der Waals surface area contributed by atoms with Gasteiger partial charge in [0.1, 0.15) is 6.61 Å². The van der Waals surface area contributed by atoms with Gasteiger partial charge in [-0.2, -0.15) is 18.2 Å². The molecule has 1 aromatic rings. The second-order valence-electron chi connectivity index (χ2n) is 8.96. The fourth-order valence-electron chi connectivity index (χ4n) is 5.87.